The van der Waals surface area contributed by atoms with Crippen LogP contribution >= 0.6 is 7.82 Å². The molecule has 0 aliphatic carbocycles. The van der Waals surface area contributed by atoms with Crippen molar-refractivity contribution in [2.45, 2.75) is 6.92 Å². The Kier molecular flexibility index (Phi) is 2.69. The van der Waals surface area contributed by atoms with Crippen molar-refractivity contribution < 1.29 is 18.3 Å². The van der Waals surface area contributed by atoms with E-state index in [2.05, 4.69) is 0 Å². The maximum atomic E-state index is 11.8. The molecule has 76 valence electrons. The molecule has 0 aromatic heterocycles. The SMILES string of the molecule is CCOP(=O)(ON1CC1)ON1CC1. The second kappa shape index (κ2) is 3.65. The lowest BCUT2D eigenvalue weighted by Crippen LogP contribution is -2.07. The molecule has 0 spiro atoms. The summed E-state index contributed by atoms with van der Waals surface area (Å²) in [5.41, 5.74) is 0. The van der Waals surface area contributed by atoms with E-state index >= 15 is 0 Å². The number of nitrogens with zero attached hydrogens (tertiary/aromatic N) is 2. The van der Waals surface area contributed by atoms with E-state index in [-0.39, 0.29) is 0 Å². The van der Waals surface area contributed by atoms with Gasteiger partial charge in [0.05, 0.1) is 6.61 Å². The molecular formula is C6H13N2O4P. The van der Waals surface area contributed by atoms with E-state index in [1.54, 1.807) is 17.1 Å². The van der Waals surface area contributed by atoms with Crippen LogP contribution in [0.4, 0.5) is 0 Å². The van der Waals surface area contributed by atoms with E-state index in [0.29, 0.717) is 6.61 Å². The highest BCUT2D eigenvalue weighted by Crippen LogP contribution is 2.52. The van der Waals surface area contributed by atoms with Gasteiger partial charge in [-0.05, 0) is 6.92 Å². The van der Waals surface area contributed by atoms with Gasteiger partial charge in [0.1, 0.15) is 0 Å². The van der Waals surface area contributed by atoms with Crippen LogP contribution in [0.15, 0.2) is 0 Å². The Bertz CT molecular complexity index is 211. The quantitative estimate of drug-likeness (QED) is 0.471. The second-order valence-corrected chi connectivity index (χ2v) is 4.37. The smallest absolute Gasteiger partial charge is 0.285 e. The van der Waals surface area contributed by atoms with Crippen molar-refractivity contribution in [1.29, 1.82) is 0 Å². The molecule has 0 radical (unpaired) electrons. The molecule has 0 N–H and O–H groups in total. The van der Waals surface area contributed by atoms with E-state index in [9.17, 15) is 4.57 Å². The average molecular weight is 208 g/mol. The van der Waals surface area contributed by atoms with Crippen LogP contribution in [-0.2, 0) is 18.3 Å². The first-order valence-corrected chi connectivity index (χ1v) is 5.82. The maximum absolute atomic E-state index is 11.8. The maximum Gasteiger partial charge on any atom is 0.508 e. The Labute approximate surface area is 76.9 Å². The fraction of sp³-hybridized carbons (Fsp3) is 1.00. The Morgan fingerprint density at radius 1 is 1.15 bits per heavy atom. The van der Waals surface area contributed by atoms with Gasteiger partial charge in [0.2, 0.25) is 0 Å². The summed E-state index contributed by atoms with van der Waals surface area (Å²) >= 11 is 0. The molecule has 0 bridgehead atoms. The van der Waals surface area contributed by atoms with Crippen LogP contribution < -0.4 is 0 Å². The van der Waals surface area contributed by atoms with Crippen LogP contribution in [0.2, 0.25) is 0 Å². The minimum atomic E-state index is -3.35. The van der Waals surface area contributed by atoms with Crippen molar-refractivity contribution in [3.8, 4) is 0 Å². The highest BCUT2D eigenvalue weighted by Gasteiger charge is 2.39. The number of rotatable bonds is 6. The van der Waals surface area contributed by atoms with Crippen LogP contribution in [0.5, 0.6) is 0 Å². The molecule has 0 saturated carbocycles. The molecule has 0 unspecified atom stereocenters. The Morgan fingerprint density at radius 3 is 1.92 bits per heavy atom. The fourth-order valence-electron chi connectivity index (χ4n) is 0.748. The summed E-state index contributed by atoms with van der Waals surface area (Å²) in [5, 5.41) is 3.11. The van der Waals surface area contributed by atoms with Crippen LogP contribution in [0, 0.1) is 0 Å². The number of hydrogen-bond donors (Lipinski definition) is 0. The summed E-state index contributed by atoms with van der Waals surface area (Å²) in [4.78, 5) is 0. The molecule has 2 rings (SSSR count). The van der Waals surface area contributed by atoms with Gasteiger partial charge >= 0.3 is 7.82 Å². The van der Waals surface area contributed by atoms with Gasteiger partial charge in [-0.15, -0.1) is 0 Å². The predicted octanol–water partition coefficient (Wildman–Crippen LogP) is 0.625. The van der Waals surface area contributed by atoms with Crippen LogP contribution in [0.1, 0.15) is 6.92 Å². The Hall–Kier alpha value is 0.0300. The Morgan fingerprint density at radius 2 is 1.62 bits per heavy atom. The summed E-state index contributed by atoms with van der Waals surface area (Å²) in [6.45, 7) is 5.24. The zero-order valence-corrected chi connectivity index (χ0v) is 8.40. The summed E-state index contributed by atoms with van der Waals surface area (Å²) in [6, 6.07) is 0. The van der Waals surface area contributed by atoms with E-state index in [1.165, 1.54) is 0 Å². The first kappa shape index (κ1) is 9.58. The van der Waals surface area contributed by atoms with Crippen molar-refractivity contribution in [2.75, 3.05) is 32.8 Å². The molecule has 2 fully saturated rings. The molecule has 2 heterocycles. The van der Waals surface area contributed by atoms with Crippen LogP contribution in [-0.4, -0.2) is 42.9 Å². The number of phosphoric acid groups is 1. The number of hydrogen-bond acceptors (Lipinski definition) is 6. The minimum Gasteiger partial charge on any atom is -0.285 e. The normalized spacial score (nSPS) is 23.5. The molecule has 7 heteroatoms. The molecular weight excluding hydrogens is 195 g/mol. The van der Waals surface area contributed by atoms with E-state index in [4.69, 9.17) is 13.8 Å². The lowest BCUT2D eigenvalue weighted by Gasteiger charge is -2.15. The predicted molar refractivity (Wildman–Crippen MR) is 44.5 cm³/mol. The van der Waals surface area contributed by atoms with E-state index in [1.807, 2.05) is 0 Å². The van der Waals surface area contributed by atoms with Crippen molar-refractivity contribution in [2.24, 2.45) is 0 Å². The standard InChI is InChI=1S/C6H13N2O4P/c1-2-10-13(9,11-7-3-4-7)12-8-5-6-8/h2-6H2,1H3. The summed E-state index contributed by atoms with van der Waals surface area (Å²) in [5.74, 6) is 0. The largest absolute Gasteiger partial charge is 0.508 e. The first-order valence-electron chi connectivity index (χ1n) is 4.36. The van der Waals surface area contributed by atoms with Crippen LogP contribution in [0.25, 0.3) is 0 Å². The average Bonchev–Trinajstić information content (AvgIpc) is 2.85. The fourth-order valence-corrected chi connectivity index (χ4v) is 2.08. The lowest BCUT2D eigenvalue weighted by atomic mass is 10.9. The van der Waals surface area contributed by atoms with Crippen molar-refractivity contribution >= 4 is 7.82 Å². The zero-order chi connectivity index (χ0) is 9.31. The van der Waals surface area contributed by atoms with Gasteiger partial charge < -0.3 is 0 Å². The topological polar surface area (TPSA) is 50.8 Å². The van der Waals surface area contributed by atoms with Gasteiger partial charge in [-0.25, -0.2) is 4.57 Å². The molecule has 2 aliphatic rings. The monoisotopic (exact) mass is 208 g/mol. The third kappa shape index (κ3) is 3.02. The highest BCUT2D eigenvalue weighted by molar-refractivity contribution is 7.48. The van der Waals surface area contributed by atoms with Gasteiger partial charge in [-0.2, -0.15) is 19.4 Å². The summed E-state index contributed by atoms with van der Waals surface area (Å²) < 4.78 is 26.8. The molecule has 6 nitrogen and oxygen atoms in total. The summed E-state index contributed by atoms with van der Waals surface area (Å²) in [6.07, 6.45) is 0. The molecule has 0 amide bonds. The molecule has 0 aromatic rings. The third-order valence-corrected chi connectivity index (χ3v) is 2.97. The first-order chi connectivity index (χ1) is 6.22. The summed E-state index contributed by atoms with van der Waals surface area (Å²) in [7, 11) is -3.35. The van der Waals surface area contributed by atoms with Gasteiger partial charge in [0, 0.05) is 26.2 Å². The highest BCUT2D eigenvalue weighted by atomic mass is 31.2. The molecule has 0 aromatic carbocycles. The minimum absolute atomic E-state index is 0.318. The molecule has 2 aliphatic heterocycles. The zero-order valence-electron chi connectivity index (χ0n) is 7.51. The number of hydroxylamine groups is 4. The second-order valence-electron chi connectivity index (χ2n) is 2.89. The van der Waals surface area contributed by atoms with Crippen molar-refractivity contribution in [3.63, 3.8) is 0 Å². The van der Waals surface area contributed by atoms with Crippen molar-refractivity contribution in [3.05, 3.63) is 0 Å². The van der Waals surface area contributed by atoms with E-state index < -0.39 is 7.82 Å². The van der Waals surface area contributed by atoms with Crippen LogP contribution in [0.3, 0.4) is 0 Å². The van der Waals surface area contributed by atoms with E-state index in [0.717, 1.165) is 26.2 Å². The van der Waals surface area contributed by atoms with Crippen molar-refractivity contribution in [1.82, 2.24) is 10.1 Å². The molecule has 2 saturated heterocycles. The van der Waals surface area contributed by atoms with Gasteiger partial charge in [-0.1, -0.05) is 0 Å². The Balaban J connectivity index is 1.86. The van der Waals surface area contributed by atoms with Gasteiger partial charge in [-0.3, -0.25) is 4.52 Å². The van der Waals surface area contributed by atoms with Gasteiger partial charge in [0.25, 0.3) is 0 Å². The molecule has 0 atom stereocenters. The lowest BCUT2D eigenvalue weighted by molar-refractivity contribution is -0.0519. The third-order valence-electron chi connectivity index (χ3n) is 1.53. The van der Waals surface area contributed by atoms with Gasteiger partial charge in [0.15, 0.2) is 0 Å². The molecule has 13 heavy (non-hydrogen) atoms.